The minimum absolute atomic E-state index is 0.0228. The molecule has 0 bridgehead atoms. The highest BCUT2D eigenvalue weighted by atomic mass is 32.2. The van der Waals surface area contributed by atoms with E-state index in [4.69, 9.17) is 0 Å². The van der Waals surface area contributed by atoms with E-state index in [9.17, 15) is 13.2 Å². The highest BCUT2D eigenvalue weighted by molar-refractivity contribution is 7.89. The number of benzene rings is 1. The maximum Gasteiger partial charge on any atom is 0.261 e. The van der Waals surface area contributed by atoms with E-state index < -0.39 is 15.9 Å². The highest BCUT2D eigenvalue weighted by Crippen LogP contribution is 2.22. The third-order valence-electron chi connectivity index (χ3n) is 3.97. The molecule has 0 saturated carbocycles. The number of nitrogens with zero attached hydrogens (tertiary/aromatic N) is 3. The normalized spacial score (nSPS) is 11.5. The molecule has 10 heteroatoms. The van der Waals surface area contributed by atoms with Gasteiger partial charge in [0, 0.05) is 18.0 Å². The van der Waals surface area contributed by atoms with E-state index in [-0.39, 0.29) is 11.3 Å². The Morgan fingerprint density at radius 2 is 1.93 bits per heavy atom. The largest absolute Gasteiger partial charge is 0.277 e. The van der Waals surface area contributed by atoms with Crippen molar-refractivity contribution in [1.29, 1.82) is 0 Å². The number of sulfonamides is 1. The number of amides is 1. The average Bonchev–Trinajstić information content (AvgIpc) is 3.19. The van der Waals surface area contributed by atoms with Gasteiger partial charge in [-0.2, -0.15) is 5.10 Å². The van der Waals surface area contributed by atoms with Crippen LogP contribution in [0.15, 0.2) is 40.6 Å². The number of hydrogen-bond donors (Lipinski definition) is 2. The second-order valence-corrected chi connectivity index (χ2v) is 8.51. The standard InChI is InChI=1S/C17H19N5O3S2/c1-11-17(12(2)22(3)20-11)27(24,25)21-19-15(23)9-16-18-14(10-26-16)13-7-5-4-6-8-13/h4-8,10,21H,9H2,1-3H3,(H,19,23). The minimum Gasteiger partial charge on any atom is -0.277 e. The number of aromatic nitrogens is 3. The fraction of sp³-hybridized carbons (Fsp3) is 0.235. The van der Waals surface area contributed by atoms with Gasteiger partial charge in [-0.25, -0.2) is 13.4 Å². The topological polar surface area (TPSA) is 106 Å². The summed E-state index contributed by atoms with van der Waals surface area (Å²) in [5.41, 5.74) is 4.83. The number of hydrogen-bond acceptors (Lipinski definition) is 6. The van der Waals surface area contributed by atoms with Gasteiger partial charge in [0.25, 0.3) is 10.0 Å². The first-order valence-corrected chi connectivity index (χ1v) is 10.4. The molecule has 3 rings (SSSR count). The molecule has 8 nitrogen and oxygen atoms in total. The molecule has 0 atom stereocenters. The lowest BCUT2D eigenvalue weighted by Gasteiger charge is -2.08. The molecule has 0 saturated heterocycles. The molecular formula is C17H19N5O3S2. The Morgan fingerprint density at radius 3 is 2.56 bits per heavy atom. The Bertz CT molecular complexity index is 1070. The summed E-state index contributed by atoms with van der Waals surface area (Å²) < 4.78 is 26.4. The van der Waals surface area contributed by atoms with Crippen LogP contribution in [0, 0.1) is 13.8 Å². The van der Waals surface area contributed by atoms with Gasteiger partial charge < -0.3 is 0 Å². The molecule has 0 aliphatic rings. The molecule has 2 heterocycles. The van der Waals surface area contributed by atoms with Crippen LogP contribution in [0.4, 0.5) is 0 Å². The first kappa shape index (κ1) is 19.2. The summed E-state index contributed by atoms with van der Waals surface area (Å²) >= 11 is 1.35. The van der Waals surface area contributed by atoms with E-state index in [1.807, 2.05) is 35.7 Å². The van der Waals surface area contributed by atoms with E-state index in [0.717, 1.165) is 11.3 Å². The van der Waals surface area contributed by atoms with Gasteiger partial charge in [0.1, 0.15) is 9.90 Å². The second kappa shape index (κ2) is 7.59. The van der Waals surface area contributed by atoms with Crippen LogP contribution in [-0.2, 0) is 28.3 Å². The summed E-state index contributed by atoms with van der Waals surface area (Å²) in [6.45, 7) is 3.25. The van der Waals surface area contributed by atoms with E-state index in [1.54, 1.807) is 20.9 Å². The second-order valence-electron chi connectivity index (χ2n) is 5.95. The van der Waals surface area contributed by atoms with Crippen molar-refractivity contribution in [1.82, 2.24) is 25.0 Å². The van der Waals surface area contributed by atoms with Gasteiger partial charge in [0.2, 0.25) is 5.91 Å². The number of rotatable bonds is 6. The number of carbonyl (C=O) groups is 1. The van der Waals surface area contributed by atoms with Crippen molar-refractivity contribution < 1.29 is 13.2 Å². The summed E-state index contributed by atoms with van der Waals surface area (Å²) in [5, 5.41) is 6.54. The van der Waals surface area contributed by atoms with Crippen LogP contribution >= 0.6 is 11.3 Å². The number of carbonyl (C=O) groups excluding carboxylic acids is 1. The van der Waals surface area contributed by atoms with Crippen LogP contribution in [0.25, 0.3) is 11.3 Å². The summed E-state index contributed by atoms with van der Waals surface area (Å²) in [7, 11) is -2.25. The molecular weight excluding hydrogens is 386 g/mol. The molecule has 2 N–H and O–H groups in total. The van der Waals surface area contributed by atoms with Gasteiger partial charge in [-0.1, -0.05) is 30.3 Å². The molecule has 0 aliphatic carbocycles. The highest BCUT2D eigenvalue weighted by Gasteiger charge is 2.24. The monoisotopic (exact) mass is 405 g/mol. The predicted octanol–water partition coefficient (Wildman–Crippen LogP) is 1.71. The fourth-order valence-corrected chi connectivity index (χ4v) is 4.74. The third-order valence-corrected chi connectivity index (χ3v) is 6.32. The van der Waals surface area contributed by atoms with Crippen molar-refractivity contribution in [2.75, 3.05) is 0 Å². The fourth-order valence-electron chi connectivity index (χ4n) is 2.63. The zero-order chi connectivity index (χ0) is 19.6. The Hall–Kier alpha value is -2.56. The summed E-state index contributed by atoms with van der Waals surface area (Å²) in [6, 6.07) is 9.62. The van der Waals surface area contributed by atoms with Crippen molar-refractivity contribution in [2.24, 2.45) is 7.05 Å². The lowest BCUT2D eigenvalue weighted by molar-refractivity contribution is -0.120. The molecule has 1 amide bonds. The van der Waals surface area contributed by atoms with Crippen LogP contribution in [0.5, 0.6) is 0 Å². The zero-order valence-electron chi connectivity index (χ0n) is 15.1. The van der Waals surface area contributed by atoms with Crippen LogP contribution in [0.2, 0.25) is 0 Å². The molecule has 0 radical (unpaired) electrons. The number of hydrazine groups is 1. The molecule has 27 heavy (non-hydrogen) atoms. The predicted molar refractivity (Wildman–Crippen MR) is 102 cm³/mol. The quantitative estimate of drug-likeness (QED) is 0.608. The molecule has 142 valence electrons. The van der Waals surface area contributed by atoms with E-state index in [1.165, 1.54) is 16.0 Å². The van der Waals surface area contributed by atoms with Gasteiger partial charge in [0.05, 0.1) is 23.5 Å². The molecule has 0 fully saturated rings. The molecule has 0 spiro atoms. The van der Waals surface area contributed by atoms with Crippen molar-refractivity contribution in [3.05, 3.63) is 52.1 Å². The molecule has 2 aromatic heterocycles. The van der Waals surface area contributed by atoms with Gasteiger partial charge in [-0.15, -0.1) is 16.2 Å². The smallest absolute Gasteiger partial charge is 0.261 e. The van der Waals surface area contributed by atoms with E-state index >= 15 is 0 Å². The van der Waals surface area contributed by atoms with Crippen molar-refractivity contribution in [2.45, 2.75) is 25.2 Å². The van der Waals surface area contributed by atoms with Crippen LogP contribution < -0.4 is 10.3 Å². The number of thiazole rings is 1. The van der Waals surface area contributed by atoms with Gasteiger partial charge in [-0.3, -0.25) is 14.9 Å². The Morgan fingerprint density at radius 1 is 1.22 bits per heavy atom. The molecule has 3 aromatic rings. The zero-order valence-corrected chi connectivity index (χ0v) is 16.7. The van der Waals surface area contributed by atoms with Crippen LogP contribution in [0.1, 0.15) is 16.4 Å². The molecule has 1 aromatic carbocycles. The first-order valence-electron chi connectivity index (χ1n) is 8.08. The maximum absolute atomic E-state index is 12.4. The van der Waals surface area contributed by atoms with Crippen LogP contribution in [-0.4, -0.2) is 29.1 Å². The summed E-state index contributed by atoms with van der Waals surface area (Å²) in [6.07, 6.45) is -0.0228. The van der Waals surface area contributed by atoms with Gasteiger partial charge in [0.15, 0.2) is 0 Å². The van der Waals surface area contributed by atoms with E-state index in [0.29, 0.717) is 16.4 Å². The Labute approximate surface area is 161 Å². The van der Waals surface area contributed by atoms with Gasteiger partial charge in [-0.05, 0) is 13.8 Å². The van der Waals surface area contributed by atoms with E-state index in [2.05, 4.69) is 20.3 Å². The van der Waals surface area contributed by atoms with Crippen molar-refractivity contribution in [3.8, 4) is 11.3 Å². The lowest BCUT2D eigenvalue weighted by atomic mass is 10.2. The summed E-state index contributed by atoms with van der Waals surface area (Å²) in [5.74, 6) is -0.494. The SMILES string of the molecule is Cc1nn(C)c(C)c1S(=O)(=O)NNC(=O)Cc1nc(-c2ccccc2)cs1. The van der Waals surface area contributed by atoms with Crippen molar-refractivity contribution >= 4 is 27.3 Å². The molecule has 0 aliphatic heterocycles. The minimum atomic E-state index is -3.91. The van der Waals surface area contributed by atoms with Gasteiger partial charge >= 0.3 is 0 Å². The van der Waals surface area contributed by atoms with Crippen LogP contribution in [0.3, 0.4) is 0 Å². The Balaban J connectivity index is 1.64. The molecule has 0 unspecified atom stereocenters. The number of aryl methyl sites for hydroxylation is 2. The Kier molecular flexibility index (Phi) is 5.40. The first-order chi connectivity index (χ1) is 12.8. The third kappa shape index (κ3) is 4.24. The lowest BCUT2D eigenvalue weighted by Crippen LogP contribution is -2.42. The summed E-state index contributed by atoms with van der Waals surface area (Å²) in [4.78, 5) is 18.7. The maximum atomic E-state index is 12.4. The number of nitrogens with one attached hydrogen (secondary N) is 2. The van der Waals surface area contributed by atoms with Crippen molar-refractivity contribution in [3.63, 3.8) is 0 Å². The average molecular weight is 406 g/mol.